The number of alkyl halides is 1. The Bertz CT molecular complexity index is 528. The van der Waals surface area contributed by atoms with E-state index in [-0.39, 0.29) is 11.8 Å². The van der Waals surface area contributed by atoms with Crippen LogP contribution in [0.4, 0.5) is 0 Å². The molecule has 28 heavy (non-hydrogen) atoms. The van der Waals surface area contributed by atoms with Crippen LogP contribution >= 0.6 is 11.6 Å². The lowest BCUT2D eigenvalue weighted by molar-refractivity contribution is -0.132. The molecule has 162 valence electrons. The average molecular weight is 418 g/mol. The molecular formula is C19H34ClN4O4-. The van der Waals surface area contributed by atoms with Crippen molar-refractivity contribution in [3.8, 4) is 0 Å². The second-order valence-corrected chi connectivity index (χ2v) is 8.13. The molecule has 0 aliphatic heterocycles. The molecule has 9 heteroatoms. The van der Waals surface area contributed by atoms with E-state index < -0.39 is 41.1 Å². The summed E-state index contributed by atoms with van der Waals surface area (Å²) in [6.07, 6.45) is 3.33. The highest BCUT2D eigenvalue weighted by Crippen LogP contribution is 2.11. The number of amides is 2. The van der Waals surface area contributed by atoms with Crippen molar-refractivity contribution >= 4 is 35.5 Å². The fraction of sp³-hybridized carbons (Fsp3) is 0.789. The van der Waals surface area contributed by atoms with E-state index in [1.807, 2.05) is 27.7 Å². The fourth-order valence-corrected chi connectivity index (χ4v) is 2.71. The minimum absolute atomic E-state index is 0.0894. The molecule has 0 heterocycles. The number of unbranched alkanes of at least 4 members (excludes halogenated alkanes) is 1. The maximum absolute atomic E-state index is 12.8. The standard InChI is InChI=1S/C19H34ClN4O4/c1-11(2)9-15(24-19(28)16(22)12(3)4)18(27)23-14(7-5-6-8-21)17(26)13(20)10-25/h11-16H,5-9,21-22H2,1-4H3,(H,23,27)(H,24,28)/q-1/t13?,14-,15-,16+/m0/s1. The quantitative estimate of drug-likeness (QED) is 0.139. The van der Waals surface area contributed by atoms with Crippen LogP contribution in [0.1, 0.15) is 53.4 Å². The van der Waals surface area contributed by atoms with E-state index in [1.165, 1.54) is 6.29 Å². The summed E-state index contributed by atoms with van der Waals surface area (Å²) in [6.45, 7) is 7.89. The van der Waals surface area contributed by atoms with Crippen LogP contribution in [0.5, 0.6) is 0 Å². The zero-order chi connectivity index (χ0) is 21.9. The van der Waals surface area contributed by atoms with Gasteiger partial charge in [-0.15, -0.1) is 11.6 Å². The number of halogens is 1. The van der Waals surface area contributed by atoms with Crippen LogP contribution in [0.25, 0.3) is 0 Å². The van der Waals surface area contributed by atoms with Crippen molar-refractivity contribution in [3.05, 3.63) is 0 Å². The van der Waals surface area contributed by atoms with Gasteiger partial charge in [-0.1, -0.05) is 27.7 Å². The summed E-state index contributed by atoms with van der Waals surface area (Å²) in [5.74, 6) is -1.55. The van der Waals surface area contributed by atoms with E-state index in [0.717, 1.165) is 0 Å². The van der Waals surface area contributed by atoms with Crippen LogP contribution in [0, 0.1) is 11.8 Å². The predicted molar refractivity (Wildman–Crippen MR) is 109 cm³/mol. The van der Waals surface area contributed by atoms with Gasteiger partial charge in [0.1, 0.15) is 11.8 Å². The second kappa shape index (κ2) is 13.6. The molecule has 0 aliphatic rings. The molecule has 0 spiro atoms. The molecule has 0 rings (SSSR count). The summed E-state index contributed by atoms with van der Waals surface area (Å²) in [7, 11) is 0. The Kier molecular flexibility index (Phi) is 12.9. The van der Waals surface area contributed by atoms with Gasteiger partial charge in [0.05, 0.1) is 12.1 Å². The van der Waals surface area contributed by atoms with E-state index in [9.17, 15) is 19.2 Å². The van der Waals surface area contributed by atoms with E-state index in [0.29, 0.717) is 32.2 Å². The van der Waals surface area contributed by atoms with E-state index in [2.05, 4.69) is 10.6 Å². The lowest BCUT2D eigenvalue weighted by Crippen LogP contribution is -2.56. The molecule has 1 unspecified atom stereocenters. The normalized spacial score (nSPS) is 15.6. The number of carbonyl (C=O) groups is 3. The van der Waals surface area contributed by atoms with Gasteiger partial charge in [-0.3, -0.25) is 14.4 Å². The molecule has 0 aromatic carbocycles. The van der Waals surface area contributed by atoms with Crippen LogP contribution in [-0.4, -0.2) is 53.9 Å². The summed E-state index contributed by atoms with van der Waals surface area (Å²) in [5.41, 5.74) is 11.3. The topological polar surface area (TPSA) is 144 Å². The number of nitrogens with one attached hydrogen (secondary N) is 2. The molecule has 0 aromatic rings. The second-order valence-electron chi connectivity index (χ2n) is 7.69. The SMILES string of the molecule is CC(C)C[C@H](NC(=O)[C@H](N)C(C)C)C(=O)N[C@@H](CCCCN)C(=O)C(Cl)[C-]=O. The maximum atomic E-state index is 12.8. The highest BCUT2D eigenvalue weighted by Gasteiger charge is 2.29. The van der Waals surface area contributed by atoms with Crippen molar-refractivity contribution in [2.24, 2.45) is 23.3 Å². The molecule has 0 saturated heterocycles. The number of ketones is 1. The van der Waals surface area contributed by atoms with Crippen molar-refractivity contribution < 1.29 is 19.2 Å². The number of rotatable bonds is 14. The zero-order valence-electron chi connectivity index (χ0n) is 17.2. The van der Waals surface area contributed by atoms with Gasteiger partial charge < -0.3 is 26.9 Å². The lowest BCUT2D eigenvalue weighted by atomic mass is 9.98. The van der Waals surface area contributed by atoms with Gasteiger partial charge in [0, 0.05) is 0 Å². The first kappa shape index (κ1) is 26.5. The third kappa shape index (κ3) is 9.61. The molecule has 0 radical (unpaired) electrons. The molecule has 0 fully saturated rings. The van der Waals surface area contributed by atoms with Gasteiger partial charge in [-0.05, 0) is 49.4 Å². The maximum Gasteiger partial charge on any atom is 0.243 e. The Labute approximate surface area is 172 Å². The van der Waals surface area contributed by atoms with Crippen molar-refractivity contribution in [1.29, 1.82) is 0 Å². The number of Topliss-reactive ketones (excluding diaryl/α,β-unsaturated/α-hetero) is 1. The predicted octanol–water partition coefficient (Wildman–Crippen LogP) is 0.401. The van der Waals surface area contributed by atoms with Gasteiger partial charge >= 0.3 is 0 Å². The summed E-state index contributed by atoms with van der Waals surface area (Å²) in [6, 6.07) is -2.55. The lowest BCUT2D eigenvalue weighted by Gasteiger charge is -2.27. The fourth-order valence-electron chi connectivity index (χ4n) is 2.56. The Morgan fingerprint density at radius 3 is 2.04 bits per heavy atom. The van der Waals surface area contributed by atoms with Gasteiger partial charge in [0.15, 0.2) is 0 Å². The first-order valence-electron chi connectivity index (χ1n) is 9.66. The van der Waals surface area contributed by atoms with Gasteiger partial charge in [-0.2, -0.15) is 0 Å². The number of nitrogens with two attached hydrogens (primary N) is 2. The molecule has 8 nitrogen and oxygen atoms in total. The van der Waals surface area contributed by atoms with Gasteiger partial charge in [-0.25, -0.2) is 6.29 Å². The minimum atomic E-state index is -1.46. The minimum Gasteiger partial charge on any atom is -0.540 e. The number of hydrogen-bond donors (Lipinski definition) is 4. The molecule has 0 saturated carbocycles. The Morgan fingerprint density at radius 1 is 1.00 bits per heavy atom. The largest absolute Gasteiger partial charge is 0.540 e. The van der Waals surface area contributed by atoms with Crippen LogP contribution < -0.4 is 22.1 Å². The third-order valence-electron chi connectivity index (χ3n) is 4.32. The molecule has 0 aromatic heterocycles. The highest BCUT2D eigenvalue weighted by atomic mass is 35.5. The summed E-state index contributed by atoms with van der Waals surface area (Å²) in [4.78, 5) is 48.1. The molecule has 6 N–H and O–H groups in total. The van der Waals surface area contributed by atoms with Crippen molar-refractivity contribution in [3.63, 3.8) is 0 Å². The average Bonchev–Trinajstić information content (AvgIpc) is 2.64. The van der Waals surface area contributed by atoms with Crippen LogP contribution in [0.3, 0.4) is 0 Å². The number of hydrogen-bond acceptors (Lipinski definition) is 6. The summed E-state index contributed by atoms with van der Waals surface area (Å²) >= 11 is 5.70. The molecule has 0 bridgehead atoms. The van der Waals surface area contributed by atoms with Crippen molar-refractivity contribution in [2.45, 2.75) is 76.9 Å². The molecule has 0 aliphatic carbocycles. The zero-order valence-corrected chi connectivity index (χ0v) is 17.9. The summed E-state index contributed by atoms with van der Waals surface area (Å²) < 4.78 is 0. The van der Waals surface area contributed by atoms with Gasteiger partial charge in [0.2, 0.25) is 11.8 Å². The van der Waals surface area contributed by atoms with E-state index in [4.69, 9.17) is 23.1 Å². The first-order chi connectivity index (χ1) is 13.0. The van der Waals surface area contributed by atoms with Crippen LogP contribution in [-0.2, 0) is 19.2 Å². The Hall–Kier alpha value is -1.51. The van der Waals surface area contributed by atoms with Gasteiger partial charge in [0.25, 0.3) is 0 Å². The third-order valence-corrected chi connectivity index (χ3v) is 4.63. The Morgan fingerprint density at radius 2 is 1.57 bits per heavy atom. The van der Waals surface area contributed by atoms with Crippen LogP contribution in [0.2, 0.25) is 0 Å². The monoisotopic (exact) mass is 417 g/mol. The van der Waals surface area contributed by atoms with Crippen molar-refractivity contribution in [2.75, 3.05) is 6.54 Å². The molecule has 2 amide bonds. The van der Waals surface area contributed by atoms with Crippen molar-refractivity contribution in [1.82, 2.24) is 10.6 Å². The Balaban J connectivity index is 5.29. The highest BCUT2D eigenvalue weighted by molar-refractivity contribution is 6.39. The molecule has 4 atom stereocenters. The summed E-state index contributed by atoms with van der Waals surface area (Å²) in [5, 5.41) is 3.83. The smallest absolute Gasteiger partial charge is 0.243 e. The van der Waals surface area contributed by atoms with Crippen LogP contribution in [0.15, 0.2) is 0 Å². The number of carbonyl (C=O) groups excluding carboxylic acids is 4. The first-order valence-corrected chi connectivity index (χ1v) is 10.1. The van der Waals surface area contributed by atoms with E-state index in [1.54, 1.807) is 0 Å². The van der Waals surface area contributed by atoms with E-state index >= 15 is 0 Å². The molecular weight excluding hydrogens is 384 g/mol.